The van der Waals surface area contributed by atoms with Crippen LogP contribution in [0.25, 0.3) is 0 Å². The van der Waals surface area contributed by atoms with Crippen LogP contribution < -0.4 is 4.74 Å². The zero-order valence-electron chi connectivity index (χ0n) is 18.0. The van der Waals surface area contributed by atoms with Crippen molar-refractivity contribution in [2.75, 3.05) is 19.7 Å². The number of amides is 1. The largest absolute Gasteiger partial charge is 0.477 e. The molecule has 0 aliphatic carbocycles. The summed E-state index contributed by atoms with van der Waals surface area (Å²) in [5.41, 5.74) is 0.280. The number of carbonyl (C=O) groups excluding carboxylic acids is 1. The highest BCUT2D eigenvalue weighted by atomic mass is 32.2. The predicted octanol–water partition coefficient (Wildman–Crippen LogP) is 2.48. The molecule has 0 saturated carbocycles. The third kappa shape index (κ3) is 6.03. The average Bonchev–Trinajstić information content (AvgIpc) is 2.75. The Labute approximate surface area is 190 Å². The lowest BCUT2D eigenvalue weighted by atomic mass is 10.1. The van der Waals surface area contributed by atoms with Crippen LogP contribution in [-0.2, 0) is 21.5 Å². The molecule has 2 aromatic rings. The van der Waals surface area contributed by atoms with Crippen molar-refractivity contribution < 1.29 is 31.8 Å². The van der Waals surface area contributed by atoms with Crippen molar-refractivity contribution in [3.63, 3.8) is 0 Å². The summed E-state index contributed by atoms with van der Waals surface area (Å²) >= 11 is 0. The van der Waals surface area contributed by atoms with Crippen LogP contribution in [0.5, 0.6) is 5.75 Å². The topological polar surface area (TPSA) is 130 Å². The van der Waals surface area contributed by atoms with E-state index in [-0.39, 0.29) is 29.6 Å². The zero-order valence-corrected chi connectivity index (χ0v) is 18.9. The molecular weight excluding hydrogens is 457 g/mol. The van der Waals surface area contributed by atoms with E-state index in [1.54, 1.807) is 17.0 Å². The van der Waals surface area contributed by atoms with E-state index >= 15 is 0 Å². The van der Waals surface area contributed by atoms with Gasteiger partial charge in [0.05, 0.1) is 4.92 Å². The maximum Gasteiger partial charge on any atom is 0.312 e. The number of rotatable bonds is 7. The number of nitro groups is 1. The summed E-state index contributed by atoms with van der Waals surface area (Å²) in [6, 6.07) is 8.77. The molecule has 0 aromatic heterocycles. The fourth-order valence-electron chi connectivity index (χ4n) is 3.74. The minimum atomic E-state index is -4.63. The fourth-order valence-corrected chi connectivity index (χ4v) is 4.24. The summed E-state index contributed by atoms with van der Waals surface area (Å²) in [5.74, 6) is -0.955. The second-order valence-corrected chi connectivity index (χ2v) is 9.37. The lowest BCUT2D eigenvalue weighted by Gasteiger charge is -2.44. The van der Waals surface area contributed by atoms with Gasteiger partial charge in [0.2, 0.25) is 0 Å². The highest BCUT2D eigenvalue weighted by molar-refractivity contribution is 7.85. The molecule has 1 N–H and O–H groups in total. The minimum Gasteiger partial charge on any atom is -0.477 e. The number of piperazine rings is 1. The van der Waals surface area contributed by atoms with Crippen LogP contribution in [0.15, 0.2) is 47.4 Å². The molecule has 1 aliphatic heterocycles. The van der Waals surface area contributed by atoms with Crippen molar-refractivity contribution in [2.24, 2.45) is 0 Å². The summed E-state index contributed by atoms with van der Waals surface area (Å²) in [7, 11) is -4.63. The molecule has 1 heterocycles. The van der Waals surface area contributed by atoms with Gasteiger partial charge in [-0.05, 0) is 43.7 Å². The molecule has 178 valence electrons. The second kappa shape index (κ2) is 9.81. The molecule has 1 saturated heterocycles. The van der Waals surface area contributed by atoms with Crippen LogP contribution in [0.1, 0.15) is 19.4 Å². The van der Waals surface area contributed by atoms with E-state index in [2.05, 4.69) is 4.90 Å². The van der Waals surface area contributed by atoms with Gasteiger partial charge in [0.25, 0.3) is 16.0 Å². The Morgan fingerprint density at radius 2 is 1.85 bits per heavy atom. The van der Waals surface area contributed by atoms with Gasteiger partial charge in [0, 0.05) is 37.8 Å². The molecule has 1 aliphatic rings. The van der Waals surface area contributed by atoms with Gasteiger partial charge in [-0.15, -0.1) is 0 Å². The Balaban J connectivity index is 1.64. The second-order valence-electron chi connectivity index (χ2n) is 7.95. The molecule has 0 radical (unpaired) electrons. The maximum atomic E-state index is 13.1. The first-order valence-electron chi connectivity index (χ1n) is 10.1. The van der Waals surface area contributed by atoms with Gasteiger partial charge in [-0.2, -0.15) is 8.42 Å². The maximum absolute atomic E-state index is 13.1. The number of hydrogen-bond acceptors (Lipinski definition) is 7. The Bertz CT molecular complexity index is 1140. The highest BCUT2D eigenvalue weighted by Gasteiger charge is 2.32. The number of hydrogen-bond donors (Lipinski definition) is 1. The van der Waals surface area contributed by atoms with Crippen LogP contribution in [-0.4, -0.2) is 65.4 Å². The summed E-state index contributed by atoms with van der Waals surface area (Å²) < 4.78 is 50.0. The third-order valence-electron chi connectivity index (χ3n) is 5.51. The van der Waals surface area contributed by atoms with Crippen LogP contribution in [0.4, 0.5) is 10.1 Å². The van der Waals surface area contributed by atoms with Crippen LogP contribution in [0, 0.1) is 15.9 Å². The summed E-state index contributed by atoms with van der Waals surface area (Å²) in [6.07, 6.45) is 0. The van der Waals surface area contributed by atoms with Crippen LogP contribution in [0.2, 0.25) is 0 Å². The van der Waals surface area contributed by atoms with E-state index in [9.17, 15) is 27.7 Å². The van der Waals surface area contributed by atoms with E-state index in [1.165, 1.54) is 12.1 Å². The quantitative estimate of drug-likeness (QED) is 0.363. The highest BCUT2D eigenvalue weighted by Crippen LogP contribution is 2.30. The van der Waals surface area contributed by atoms with Crippen molar-refractivity contribution in [1.82, 2.24) is 9.80 Å². The lowest BCUT2D eigenvalue weighted by molar-refractivity contribution is -0.386. The van der Waals surface area contributed by atoms with Gasteiger partial charge in [0.1, 0.15) is 10.7 Å². The predicted molar refractivity (Wildman–Crippen MR) is 116 cm³/mol. The van der Waals surface area contributed by atoms with E-state index in [1.807, 2.05) is 13.8 Å². The molecule has 3 rings (SSSR count). The molecule has 1 fully saturated rings. The summed E-state index contributed by atoms with van der Waals surface area (Å²) in [6.45, 7) is 4.97. The molecular formula is C21H24FN3O7S. The van der Waals surface area contributed by atoms with Gasteiger partial charge < -0.3 is 9.64 Å². The molecule has 0 bridgehead atoms. The van der Waals surface area contributed by atoms with Crippen LogP contribution >= 0.6 is 0 Å². The van der Waals surface area contributed by atoms with Gasteiger partial charge in [0.15, 0.2) is 12.4 Å². The van der Waals surface area contributed by atoms with Gasteiger partial charge >= 0.3 is 5.69 Å². The molecule has 33 heavy (non-hydrogen) atoms. The van der Waals surface area contributed by atoms with E-state index in [0.717, 1.165) is 17.7 Å². The Kier molecular flexibility index (Phi) is 7.30. The van der Waals surface area contributed by atoms with E-state index in [4.69, 9.17) is 9.29 Å². The monoisotopic (exact) mass is 481 g/mol. The molecule has 0 spiro atoms. The van der Waals surface area contributed by atoms with Crippen LogP contribution in [0.3, 0.4) is 0 Å². The van der Waals surface area contributed by atoms with Crippen molar-refractivity contribution in [3.8, 4) is 5.75 Å². The van der Waals surface area contributed by atoms with Crippen molar-refractivity contribution >= 4 is 21.7 Å². The number of ether oxygens (including phenoxy) is 1. The molecule has 2 aromatic carbocycles. The van der Waals surface area contributed by atoms with E-state index in [0.29, 0.717) is 25.7 Å². The summed E-state index contributed by atoms with van der Waals surface area (Å²) in [4.78, 5) is 26.4. The number of carbonyl (C=O) groups is 1. The minimum absolute atomic E-state index is 0.0126. The zero-order chi connectivity index (χ0) is 24.3. The van der Waals surface area contributed by atoms with Gasteiger partial charge in [-0.1, -0.05) is 12.1 Å². The first-order valence-corrected chi connectivity index (χ1v) is 11.6. The van der Waals surface area contributed by atoms with Crippen molar-refractivity contribution in [3.05, 3.63) is 64.0 Å². The molecule has 2 unspecified atom stereocenters. The van der Waals surface area contributed by atoms with E-state index < -0.39 is 32.2 Å². The van der Waals surface area contributed by atoms with Crippen molar-refractivity contribution in [2.45, 2.75) is 37.4 Å². The lowest BCUT2D eigenvalue weighted by Crippen LogP contribution is -2.58. The molecule has 12 heteroatoms. The van der Waals surface area contributed by atoms with Gasteiger partial charge in [-0.3, -0.25) is 24.4 Å². The van der Waals surface area contributed by atoms with Crippen molar-refractivity contribution in [1.29, 1.82) is 0 Å². The smallest absolute Gasteiger partial charge is 0.312 e. The molecule has 2 atom stereocenters. The standard InChI is InChI=1S/C21H24FN3O7S/c1-14-11-24(15(2)10-23(14)12-16-3-5-17(22)6-4-16)21(26)13-32-20-8-7-18(33(29,30)31)9-19(20)25(27)28/h3-9,14-15H,10-13H2,1-2H3,(H,29,30,31). The molecule has 1 amide bonds. The Morgan fingerprint density at radius 1 is 1.18 bits per heavy atom. The first kappa shape index (κ1) is 24.6. The fraction of sp³-hybridized carbons (Fsp3) is 0.381. The Hall–Kier alpha value is -3.09. The molecule has 10 nitrogen and oxygen atoms in total. The summed E-state index contributed by atoms with van der Waals surface area (Å²) in [5, 5.41) is 11.3. The third-order valence-corrected chi connectivity index (χ3v) is 6.36. The Morgan fingerprint density at radius 3 is 2.45 bits per heavy atom. The average molecular weight is 482 g/mol. The van der Waals surface area contributed by atoms with Gasteiger partial charge in [-0.25, -0.2) is 4.39 Å². The SMILES string of the molecule is CC1CN(C(=O)COc2ccc(S(=O)(=O)O)cc2[N+](=O)[O-])C(C)CN1Cc1ccc(F)cc1. The number of nitrogens with zero attached hydrogens (tertiary/aromatic N) is 3. The first-order chi connectivity index (χ1) is 15.5. The number of nitro benzene ring substituents is 1. The number of halogens is 1. The number of benzene rings is 2. The normalized spacial score (nSPS) is 19.3.